The van der Waals surface area contributed by atoms with Crippen LogP contribution in [-0.4, -0.2) is 50.4 Å². The van der Waals surface area contributed by atoms with Crippen LogP contribution in [0.1, 0.15) is 69.1 Å². The van der Waals surface area contributed by atoms with Crippen LogP contribution >= 0.6 is 11.3 Å². The smallest absolute Gasteiger partial charge is 0.340 e. The van der Waals surface area contributed by atoms with Crippen molar-refractivity contribution in [2.45, 2.75) is 56.2 Å². The van der Waals surface area contributed by atoms with Gasteiger partial charge in [-0.3, -0.25) is 4.79 Å². The van der Waals surface area contributed by atoms with Crippen molar-refractivity contribution in [2.75, 3.05) is 20.2 Å². The third kappa shape index (κ3) is 5.12. The van der Waals surface area contributed by atoms with E-state index in [1.54, 1.807) is 17.0 Å². The number of carbonyl (C=O) groups is 2. The lowest BCUT2D eigenvalue weighted by atomic mass is 9.90. The number of pyridine rings is 1. The van der Waals surface area contributed by atoms with E-state index in [1.807, 2.05) is 13.0 Å². The van der Waals surface area contributed by atoms with Crippen molar-refractivity contribution in [1.29, 1.82) is 0 Å². The molecule has 1 aliphatic carbocycles. The average molecular weight is 492 g/mol. The Bertz CT molecular complexity index is 1150. The van der Waals surface area contributed by atoms with Gasteiger partial charge in [0, 0.05) is 23.7 Å². The minimum atomic E-state index is -3.88. The van der Waals surface area contributed by atoms with Gasteiger partial charge >= 0.3 is 5.97 Å². The summed E-state index contributed by atoms with van der Waals surface area (Å²) in [6.07, 6.45) is 5.83. The largest absolute Gasteiger partial charge is 0.465 e. The SMILES string of the molecule is COC(=O)c1c(S(=O)(=O)NCC2CCCCC2)sc2c1CCN(C(=O)c1cccc(C)n1)C2. The molecule has 1 amide bonds. The quantitative estimate of drug-likeness (QED) is 0.622. The van der Waals surface area contributed by atoms with Crippen LogP contribution in [0.5, 0.6) is 0 Å². The summed E-state index contributed by atoms with van der Waals surface area (Å²) in [6, 6.07) is 5.28. The van der Waals surface area contributed by atoms with Crippen molar-refractivity contribution in [3.8, 4) is 0 Å². The standard InChI is InChI=1S/C23H29N3O5S2/c1-15-7-6-10-18(25-15)21(27)26-12-11-17-19(14-26)32-23(20(17)22(28)31-2)33(29,30)24-13-16-8-4-3-5-9-16/h6-7,10,16,24H,3-5,8-9,11-14H2,1-2H3. The zero-order chi connectivity index (χ0) is 23.6. The zero-order valence-electron chi connectivity index (χ0n) is 18.9. The Hall–Kier alpha value is -2.30. The number of hydrogen-bond acceptors (Lipinski definition) is 7. The second-order valence-electron chi connectivity index (χ2n) is 8.65. The predicted octanol–water partition coefficient (Wildman–Crippen LogP) is 3.30. The van der Waals surface area contributed by atoms with Gasteiger partial charge in [-0.25, -0.2) is 22.9 Å². The number of hydrogen-bond donors (Lipinski definition) is 1. The van der Waals surface area contributed by atoms with Crippen LogP contribution in [0, 0.1) is 12.8 Å². The van der Waals surface area contributed by atoms with Gasteiger partial charge in [-0.2, -0.15) is 0 Å². The van der Waals surface area contributed by atoms with Crippen LogP contribution in [0.4, 0.5) is 0 Å². The molecule has 0 bridgehead atoms. The van der Waals surface area contributed by atoms with Gasteiger partial charge in [0.2, 0.25) is 0 Å². The van der Waals surface area contributed by atoms with Crippen LogP contribution < -0.4 is 4.72 Å². The van der Waals surface area contributed by atoms with Crippen molar-refractivity contribution in [1.82, 2.24) is 14.6 Å². The number of methoxy groups -OCH3 is 1. The molecule has 3 heterocycles. The summed E-state index contributed by atoms with van der Waals surface area (Å²) < 4.78 is 34.1. The van der Waals surface area contributed by atoms with E-state index in [2.05, 4.69) is 9.71 Å². The maximum absolute atomic E-state index is 13.2. The first-order chi connectivity index (χ1) is 15.8. The lowest BCUT2D eigenvalue weighted by Crippen LogP contribution is -2.36. The topological polar surface area (TPSA) is 106 Å². The van der Waals surface area contributed by atoms with Crippen molar-refractivity contribution < 1.29 is 22.7 Å². The van der Waals surface area contributed by atoms with Gasteiger partial charge in [-0.15, -0.1) is 11.3 Å². The summed E-state index contributed by atoms with van der Waals surface area (Å²) >= 11 is 1.05. The highest BCUT2D eigenvalue weighted by atomic mass is 32.2. The van der Waals surface area contributed by atoms with Gasteiger partial charge in [0.05, 0.1) is 19.2 Å². The highest BCUT2D eigenvalue weighted by Gasteiger charge is 2.35. The Morgan fingerprint density at radius 2 is 2.00 bits per heavy atom. The van der Waals surface area contributed by atoms with Gasteiger partial charge in [0.25, 0.3) is 15.9 Å². The Balaban J connectivity index is 1.60. The third-order valence-corrected chi connectivity index (χ3v) is 9.50. The number of nitrogens with one attached hydrogen (secondary N) is 1. The maximum Gasteiger partial charge on any atom is 0.340 e. The number of carbonyl (C=O) groups excluding carboxylic acids is 2. The van der Waals surface area contributed by atoms with Gasteiger partial charge in [0.1, 0.15) is 9.90 Å². The first-order valence-corrected chi connectivity index (χ1v) is 13.6. The summed E-state index contributed by atoms with van der Waals surface area (Å²) in [6.45, 7) is 2.80. The Morgan fingerprint density at radius 1 is 1.24 bits per heavy atom. The van der Waals surface area contributed by atoms with E-state index in [4.69, 9.17) is 4.74 Å². The highest BCUT2D eigenvalue weighted by Crippen LogP contribution is 2.37. The monoisotopic (exact) mass is 491 g/mol. The number of ether oxygens (including phenoxy) is 1. The number of nitrogens with zero attached hydrogens (tertiary/aromatic N) is 2. The number of sulfonamides is 1. The average Bonchev–Trinajstić information content (AvgIpc) is 3.22. The molecule has 33 heavy (non-hydrogen) atoms. The van der Waals surface area contributed by atoms with Crippen molar-refractivity contribution in [3.63, 3.8) is 0 Å². The number of rotatable bonds is 6. The molecule has 1 N–H and O–H groups in total. The molecular formula is C23H29N3O5S2. The summed E-state index contributed by atoms with van der Waals surface area (Å²) in [7, 11) is -2.63. The van der Waals surface area contributed by atoms with Gasteiger partial charge < -0.3 is 9.64 Å². The van der Waals surface area contributed by atoms with Crippen molar-refractivity contribution in [3.05, 3.63) is 45.6 Å². The third-order valence-electron chi connectivity index (χ3n) is 6.34. The van der Waals surface area contributed by atoms with E-state index in [0.29, 0.717) is 41.6 Å². The molecule has 0 atom stereocenters. The Morgan fingerprint density at radius 3 is 2.70 bits per heavy atom. The second-order valence-corrected chi connectivity index (χ2v) is 11.7. The Kier molecular flexibility index (Phi) is 7.16. The van der Waals surface area contributed by atoms with Crippen molar-refractivity contribution >= 4 is 33.2 Å². The fourth-order valence-corrected chi connectivity index (χ4v) is 7.62. The molecule has 178 valence electrons. The van der Waals surface area contributed by atoms with Crippen LogP contribution in [0.3, 0.4) is 0 Å². The molecule has 0 radical (unpaired) electrons. The van der Waals surface area contributed by atoms with E-state index >= 15 is 0 Å². The van der Waals surface area contributed by atoms with Crippen LogP contribution in [0.2, 0.25) is 0 Å². The fourth-order valence-electron chi connectivity index (χ4n) is 4.56. The van der Waals surface area contributed by atoms with Crippen LogP contribution in [0.25, 0.3) is 0 Å². The lowest BCUT2D eigenvalue weighted by Gasteiger charge is -2.27. The van der Waals surface area contributed by atoms with Gasteiger partial charge in [-0.05, 0) is 49.8 Å². The first-order valence-electron chi connectivity index (χ1n) is 11.3. The predicted molar refractivity (Wildman–Crippen MR) is 125 cm³/mol. The highest BCUT2D eigenvalue weighted by molar-refractivity contribution is 7.91. The van der Waals surface area contributed by atoms with Crippen LogP contribution in [-0.2, 0) is 27.7 Å². The molecule has 1 saturated carbocycles. The summed E-state index contributed by atoms with van der Waals surface area (Å²) in [5.74, 6) is -0.553. The molecule has 8 nitrogen and oxygen atoms in total. The van der Waals surface area contributed by atoms with E-state index in [1.165, 1.54) is 13.5 Å². The number of esters is 1. The van der Waals surface area contributed by atoms with E-state index in [-0.39, 0.29) is 22.2 Å². The zero-order valence-corrected chi connectivity index (χ0v) is 20.6. The van der Waals surface area contributed by atoms with E-state index in [0.717, 1.165) is 42.7 Å². The first kappa shape index (κ1) is 23.8. The van der Waals surface area contributed by atoms with E-state index in [9.17, 15) is 18.0 Å². The molecule has 0 spiro atoms. The van der Waals surface area contributed by atoms with Gasteiger partial charge in [-0.1, -0.05) is 25.3 Å². The minimum absolute atomic E-state index is 0.0156. The molecule has 10 heteroatoms. The summed E-state index contributed by atoms with van der Waals surface area (Å²) in [4.78, 5) is 32.2. The van der Waals surface area contributed by atoms with Crippen molar-refractivity contribution in [2.24, 2.45) is 5.92 Å². The second kappa shape index (κ2) is 9.90. The molecule has 0 saturated heterocycles. The van der Waals surface area contributed by atoms with E-state index < -0.39 is 16.0 Å². The summed E-state index contributed by atoms with van der Waals surface area (Å²) in [5.41, 5.74) is 1.87. The molecule has 2 aromatic rings. The number of amides is 1. The van der Waals surface area contributed by atoms with Crippen LogP contribution in [0.15, 0.2) is 22.4 Å². The molecule has 2 aliphatic rings. The molecule has 0 unspecified atom stereocenters. The molecule has 1 aliphatic heterocycles. The normalized spacial score (nSPS) is 17.0. The fraction of sp³-hybridized carbons (Fsp3) is 0.522. The number of fused-ring (bicyclic) bond motifs is 1. The minimum Gasteiger partial charge on any atom is -0.465 e. The molecule has 1 fully saturated rings. The summed E-state index contributed by atoms with van der Waals surface area (Å²) in [5, 5.41) is 0. The molecular weight excluding hydrogens is 462 g/mol. The van der Waals surface area contributed by atoms with Gasteiger partial charge in [0.15, 0.2) is 0 Å². The lowest BCUT2D eigenvalue weighted by molar-refractivity contribution is 0.0595. The Labute approximate surface area is 198 Å². The molecule has 4 rings (SSSR count). The molecule has 2 aromatic heterocycles. The maximum atomic E-state index is 13.2. The number of aryl methyl sites for hydroxylation is 1. The molecule has 0 aromatic carbocycles. The number of thiophene rings is 1. The number of aromatic nitrogens is 1.